The molecule has 2 rings (SSSR count). The smallest absolute Gasteiger partial charge is 0.344 e. The first-order chi connectivity index (χ1) is 13.3. The zero-order valence-corrected chi connectivity index (χ0v) is 15.3. The molecule has 0 heterocycles. The van der Waals surface area contributed by atoms with Gasteiger partial charge in [-0.25, -0.2) is 4.79 Å². The lowest BCUT2D eigenvalue weighted by Gasteiger charge is -2.14. The van der Waals surface area contributed by atoms with E-state index < -0.39 is 29.5 Å². The second kappa shape index (κ2) is 9.47. The van der Waals surface area contributed by atoms with Crippen molar-refractivity contribution in [1.29, 1.82) is 0 Å². The Hall–Kier alpha value is -3.46. The largest absolute Gasteiger partial charge is 0.482 e. The molecule has 10 heteroatoms. The summed E-state index contributed by atoms with van der Waals surface area (Å²) < 4.78 is 10.2. The lowest BCUT2D eigenvalue weighted by atomic mass is 10.2. The molecule has 0 saturated carbocycles. The van der Waals surface area contributed by atoms with Crippen LogP contribution in [0.25, 0.3) is 0 Å². The number of benzene rings is 2. The molecule has 0 aliphatic carbocycles. The van der Waals surface area contributed by atoms with Crippen LogP contribution < -0.4 is 10.1 Å². The van der Waals surface area contributed by atoms with E-state index >= 15 is 0 Å². The van der Waals surface area contributed by atoms with E-state index in [1.165, 1.54) is 43.3 Å². The van der Waals surface area contributed by atoms with Crippen LogP contribution in [0.15, 0.2) is 42.5 Å². The Morgan fingerprint density at radius 2 is 1.93 bits per heavy atom. The van der Waals surface area contributed by atoms with Gasteiger partial charge in [-0.2, -0.15) is 0 Å². The topological polar surface area (TPSA) is 125 Å². The predicted molar refractivity (Wildman–Crippen MR) is 99.6 cm³/mol. The van der Waals surface area contributed by atoms with Crippen molar-refractivity contribution in [1.82, 2.24) is 0 Å². The van der Waals surface area contributed by atoms with Crippen LogP contribution in [0.2, 0.25) is 5.02 Å². The molecule has 2 aromatic rings. The van der Waals surface area contributed by atoms with E-state index in [0.717, 1.165) is 6.07 Å². The van der Waals surface area contributed by atoms with E-state index in [2.05, 4.69) is 5.32 Å². The number of non-ortho nitro benzene ring substituents is 1. The van der Waals surface area contributed by atoms with Gasteiger partial charge < -0.3 is 14.8 Å². The van der Waals surface area contributed by atoms with E-state index in [-0.39, 0.29) is 16.4 Å². The lowest BCUT2D eigenvalue weighted by Crippen LogP contribution is -2.31. The summed E-state index contributed by atoms with van der Waals surface area (Å²) in [4.78, 5) is 44.7. The van der Waals surface area contributed by atoms with Crippen molar-refractivity contribution in [2.75, 3.05) is 11.9 Å². The number of amides is 1. The first kappa shape index (κ1) is 20.8. The number of rotatable bonds is 8. The Kier molecular flexibility index (Phi) is 7.05. The van der Waals surface area contributed by atoms with E-state index in [1.54, 1.807) is 0 Å². The van der Waals surface area contributed by atoms with Gasteiger partial charge in [-0.15, -0.1) is 0 Å². The molecule has 0 spiro atoms. The average molecular weight is 407 g/mol. The molecule has 0 aromatic heterocycles. The standard InChI is InChI=1S/C18H15ClN2O7/c1-11(18(24)20-16-8-13(21(25)26)4-7-15(16)19)28-17(23)10-27-14-5-2-12(9-22)3-6-14/h2-9,11H,10H2,1H3,(H,20,24). The molecule has 0 aliphatic rings. The highest BCUT2D eigenvalue weighted by molar-refractivity contribution is 6.33. The van der Waals surface area contributed by atoms with Crippen LogP contribution in [-0.4, -0.2) is 35.8 Å². The molecule has 1 amide bonds. The summed E-state index contributed by atoms with van der Waals surface area (Å²) in [6, 6.07) is 9.63. The molecule has 28 heavy (non-hydrogen) atoms. The molecule has 0 saturated heterocycles. The quantitative estimate of drug-likeness (QED) is 0.309. The molecule has 1 N–H and O–H groups in total. The molecular formula is C18H15ClN2O7. The summed E-state index contributed by atoms with van der Waals surface area (Å²) in [5, 5.41) is 13.3. The molecule has 0 aliphatic heterocycles. The van der Waals surface area contributed by atoms with E-state index in [0.29, 0.717) is 17.6 Å². The van der Waals surface area contributed by atoms with Gasteiger partial charge in [0.15, 0.2) is 12.7 Å². The van der Waals surface area contributed by atoms with Gasteiger partial charge in [0.1, 0.15) is 12.0 Å². The van der Waals surface area contributed by atoms with Gasteiger partial charge in [-0.3, -0.25) is 19.7 Å². The maximum atomic E-state index is 12.1. The maximum absolute atomic E-state index is 12.1. The fourth-order valence-electron chi connectivity index (χ4n) is 2.03. The van der Waals surface area contributed by atoms with Gasteiger partial charge in [0, 0.05) is 17.7 Å². The van der Waals surface area contributed by atoms with Gasteiger partial charge in [-0.05, 0) is 37.3 Å². The van der Waals surface area contributed by atoms with Gasteiger partial charge >= 0.3 is 5.97 Å². The highest BCUT2D eigenvalue weighted by Crippen LogP contribution is 2.26. The van der Waals surface area contributed by atoms with Crippen molar-refractivity contribution in [2.24, 2.45) is 0 Å². The minimum Gasteiger partial charge on any atom is -0.482 e. The van der Waals surface area contributed by atoms with E-state index in [9.17, 15) is 24.5 Å². The zero-order valence-electron chi connectivity index (χ0n) is 14.6. The van der Waals surface area contributed by atoms with Crippen LogP contribution in [0, 0.1) is 10.1 Å². The van der Waals surface area contributed by atoms with Crippen LogP contribution in [0.5, 0.6) is 5.75 Å². The second-order valence-corrected chi connectivity index (χ2v) is 5.93. The molecule has 146 valence electrons. The Balaban J connectivity index is 1.89. The number of halogens is 1. The minimum absolute atomic E-state index is 0.0234. The summed E-state index contributed by atoms with van der Waals surface area (Å²) in [6.07, 6.45) is -0.518. The normalized spacial score (nSPS) is 11.2. The first-order valence-corrected chi connectivity index (χ1v) is 8.30. The molecule has 0 radical (unpaired) electrons. The first-order valence-electron chi connectivity index (χ1n) is 7.92. The number of hydrogen-bond acceptors (Lipinski definition) is 7. The predicted octanol–water partition coefficient (Wildman–Crippen LogP) is 3.01. The van der Waals surface area contributed by atoms with Crippen molar-refractivity contribution in [2.45, 2.75) is 13.0 Å². The third-order valence-corrected chi connectivity index (χ3v) is 3.80. The summed E-state index contributed by atoms with van der Waals surface area (Å²) in [5.74, 6) is -1.17. The summed E-state index contributed by atoms with van der Waals surface area (Å²) in [6.45, 7) is 0.882. The van der Waals surface area contributed by atoms with Gasteiger partial charge in [0.25, 0.3) is 11.6 Å². The van der Waals surface area contributed by atoms with Gasteiger partial charge in [-0.1, -0.05) is 11.6 Å². The van der Waals surface area contributed by atoms with Crippen molar-refractivity contribution in [3.63, 3.8) is 0 Å². The number of nitro benzene ring substituents is 1. The SMILES string of the molecule is CC(OC(=O)COc1ccc(C=O)cc1)C(=O)Nc1cc([N+](=O)[O-])ccc1Cl. The van der Waals surface area contributed by atoms with Crippen LogP contribution in [-0.2, 0) is 14.3 Å². The molecule has 0 bridgehead atoms. The van der Waals surface area contributed by atoms with Crippen molar-refractivity contribution in [3.05, 3.63) is 63.2 Å². The highest BCUT2D eigenvalue weighted by Gasteiger charge is 2.20. The van der Waals surface area contributed by atoms with E-state index in [4.69, 9.17) is 21.1 Å². The monoisotopic (exact) mass is 406 g/mol. The fraction of sp³-hybridized carbons (Fsp3) is 0.167. The van der Waals surface area contributed by atoms with Crippen LogP contribution in [0.3, 0.4) is 0 Å². The molecule has 9 nitrogen and oxygen atoms in total. The minimum atomic E-state index is -1.19. The Morgan fingerprint density at radius 1 is 1.25 bits per heavy atom. The number of hydrogen-bond donors (Lipinski definition) is 1. The number of aldehydes is 1. The third-order valence-electron chi connectivity index (χ3n) is 3.47. The van der Waals surface area contributed by atoms with Crippen molar-refractivity contribution < 1.29 is 28.8 Å². The third kappa shape index (κ3) is 5.78. The Labute approximate surface area is 164 Å². The van der Waals surface area contributed by atoms with Crippen LogP contribution >= 0.6 is 11.6 Å². The van der Waals surface area contributed by atoms with Crippen molar-refractivity contribution in [3.8, 4) is 5.75 Å². The number of nitrogens with one attached hydrogen (secondary N) is 1. The van der Waals surface area contributed by atoms with Crippen LogP contribution in [0.1, 0.15) is 17.3 Å². The van der Waals surface area contributed by atoms with Crippen molar-refractivity contribution >= 4 is 41.1 Å². The maximum Gasteiger partial charge on any atom is 0.344 e. The number of nitrogens with zero attached hydrogens (tertiary/aromatic N) is 1. The number of nitro groups is 1. The number of anilines is 1. The summed E-state index contributed by atoms with van der Waals surface area (Å²) in [5.41, 5.74) is 0.230. The summed E-state index contributed by atoms with van der Waals surface area (Å²) >= 11 is 5.91. The van der Waals surface area contributed by atoms with Gasteiger partial charge in [0.2, 0.25) is 0 Å². The molecule has 2 aromatic carbocycles. The van der Waals surface area contributed by atoms with Crippen LogP contribution in [0.4, 0.5) is 11.4 Å². The zero-order chi connectivity index (χ0) is 20.7. The Bertz CT molecular complexity index is 899. The lowest BCUT2D eigenvalue weighted by molar-refractivity contribution is -0.384. The van der Waals surface area contributed by atoms with E-state index in [1.807, 2.05) is 0 Å². The summed E-state index contributed by atoms with van der Waals surface area (Å²) in [7, 11) is 0. The van der Waals surface area contributed by atoms with Gasteiger partial charge in [0.05, 0.1) is 15.6 Å². The number of esters is 1. The molecule has 1 unspecified atom stereocenters. The number of carbonyl (C=O) groups excluding carboxylic acids is 3. The number of ether oxygens (including phenoxy) is 2. The molecule has 0 fully saturated rings. The Morgan fingerprint density at radius 3 is 2.54 bits per heavy atom. The average Bonchev–Trinajstić information content (AvgIpc) is 2.68. The fourth-order valence-corrected chi connectivity index (χ4v) is 2.19. The number of carbonyl (C=O) groups is 3. The second-order valence-electron chi connectivity index (χ2n) is 5.52. The molecular weight excluding hydrogens is 392 g/mol. The molecule has 1 atom stereocenters. The highest BCUT2D eigenvalue weighted by atomic mass is 35.5.